The number of ether oxygens (including phenoxy) is 1. The van der Waals surface area contributed by atoms with Crippen LogP contribution in [-0.4, -0.2) is 64.6 Å². The first-order chi connectivity index (χ1) is 19.0. The Bertz CT molecular complexity index is 1190. The highest BCUT2D eigenvalue weighted by atomic mass is 19.4. The molecule has 5 N–H and O–H groups in total. The number of anilines is 1. The van der Waals surface area contributed by atoms with Crippen LogP contribution in [0.15, 0.2) is 42.6 Å². The predicted molar refractivity (Wildman–Crippen MR) is 130 cm³/mol. The number of carbonyl (C=O) groups is 4. The second-order valence-corrected chi connectivity index (χ2v) is 8.17. The number of alkyl halides is 6. The fourth-order valence-electron chi connectivity index (χ4n) is 2.97. The van der Waals surface area contributed by atoms with Crippen molar-refractivity contribution in [2.75, 3.05) is 18.4 Å². The molecule has 1 unspecified atom stereocenters. The van der Waals surface area contributed by atoms with Gasteiger partial charge in [-0.25, -0.2) is 9.78 Å². The molecule has 1 aromatic carbocycles. The summed E-state index contributed by atoms with van der Waals surface area (Å²) < 4.78 is 72.9. The summed E-state index contributed by atoms with van der Waals surface area (Å²) in [6.07, 6.45) is -8.28. The number of aryl methyl sites for hydroxylation is 1. The molecule has 0 aliphatic rings. The van der Waals surface area contributed by atoms with Crippen LogP contribution in [0.2, 0.25) is 0 Å². The van der Waals surface area contributed by atoms with Crippen LogP contribution < -0.4 is 20.7 Å². The molecule has 1 atom stereocenters. The Morgan fingerprint density at radius 3 is 2.22 bits per heavy atom. The van der Waals surface area contributed by atoms with Crippen molar-refractivity contribution in [1.29, 1.82) is 0 Å². The number of rotatable bonds is 12. The molecule has 11 nitrogen and oxygen atoms in total. The molecule has 0 aliphatic heterocycles. The maximum Gasteiger partial charge on any atom is 0.573 e. The lowest BCUT2D eigenvalue weighted by Crippen LogP contribution is -2.39. The zero-order chi connectivity index (χ0) is 31.2. The van der Waals surface area contributed by atoms with E-state index in [1.54, 1.807) is 6.20 Å². The third-order valence-electron chi connectivity index (χ3n) is 4.70. The average molecular weight is 596 g/mol. The molecule has 2 aromatic rings. The molecule has 2 amide bonds. The minimum Gasteiger partial charge on any atom is -0.481 e. The van der Waals surface area contributed by atoms with Crippen molar-refractivity contribution in [1.82, 2.24) is 15.6 Å². The highest BCUT2D eigenvalue weighted by Gasteiger charge is 2.38. The number of nitrogens with one attached hydrogen (secondary N) is 3. The van der Waals surface area contributed by atoms with Crippen molar-refractivity contribution >= 4 is 29.6 Å². The highest BCUT2D eigenvalue weighted by Crippen LogP contribution is 2.26. The quantitative estimate of drug-likeness (QED) is 0.182. The summed E-state index contributed by atoms with van der Waals surface area (Å²) in [4.78, 5) is 48.4. The molecular weight excluding hydrogens is 570 g/mol. The van der Waals surface area contributed by atoms with Crippen molar-refractivity contribution in [2.45, 2.75) is 44.8 Å². The van der Waals surface area contributed by atoms with E-state index in [0.29, 0.717) is 18.8 Å². The van der Waals surface area contributed by atoms with Gasteiger partial charge in [0.15, 0.2) is 0 Å². The summed E-state index contributed by atoms with van der Waals surface area (Å²) in [6.45, 7) is 2.01. The number of carbonyl (C=O) groups excluding carboxylic acids is 2. The number of amides is 2. The molecule has 1 aromatic heterocycles. The van der Waals surface area contributed by atoms with Crippen LogP contribution in [0.25, 0.3) is 0 Å². The standard InChI is InChI=1S/C22H25F3N4O5.C2HF3O2/c1-14-7-9-27-18(10-14)26-8-3-6-19(30)28-13-20(31)29-17(12-21(32)33)15-4-2-5-16(11-15)34-22(23,24)25;3-2(4,5)1(6)7/h2,4-5,7,9-11,17H,3,6,8,12-13H2,1H3,(H,26,27)(H,28,30)(H,29,31)(H,32,33);(H,6,7). The maximum absolute atomic E-state index is 12.5. The maximum atomic E-state index is 12.5. The Hall–Kier alpha value is -4.57. The lowest BCUT2D eigenvalue weighted by Gasteiger charge is -2.19. The number of aliphatic carboxylic acids is 2. The molecule has 0 saturated carbocycles. The number of aromatic nitrogens is 1. The largest absolute Gasteiger partial charge is 0.573 e. The van der Waals surface area contributed by atoms with Gasteiger partial charge in [-0.15, -0.1) is 13.2 Å². The van der Waals surface area contributed by atoms with Gasteiger partial charge in [0.25, 0.3) is 0 Å². The first kappa shape index (κ1) is 34.5. The summed E-state index contributed by atoms with van der Waals surface area (Å²) in [5.41, 5.74) is 1.15. The number of hydrogen-bond donors (Lipinski definition) is 5. The second-order valence-electron chi connectivity index (χ2n) is 8.17. The van der Waals surface area contributed by atoms with Crippen LogP contribution in [0.4, 0.5) is 32.2 Å². The molecule has 0 bridgehead atoms. The number of nitrogens with zero attached hydrogens (tertiary/aromatic N) is 1. The Morgan fingerprint density at radius 2 is 1.66 bits per heavy atom. The monoisotopic (exact) mass is 596 g/mol. The molecule has 2 rings (SSSR count). The van der Waals surface area contributed by atoms with Gasteiger partial charge >= 0.3 is 24.5 Å². The third kappa shape index (κ3) is 15.6. The van der Waals surface area contributed by atoms with E-state index in [2.05, 4.69) is 25.7 Å². The number of carboxylic acid groups (broad SMARTS) is 2. The zero-order valence-electron chi connectivity index (χ0n) is 21.3. The van der Waals surface area contributed by atoms with E-state index in [1.165, 1.54) is 12.1 Å². The smallest absolute Gasteiger partial charge is 0.481 e. The fraction of sp³-hybridized carbons (Fsp3) is 0.375. The van der Waals surface area contributed by atoms with E-state index in [1.807, 2.05) is 19.1 Å². The van der Waals surface area contributed by atoms with Crippen LogP contribution in [-0.2, 0) is 19.2 Å². The number of hydrogen-bond acceptors (Lipinski definition) is 7. The van der Waals surface area contributed by atoms with Crippen LogP contribution in [0, 0.1) is 6.92 Å². The molecule has 0 aliphatic carbocycles. The van der Waals surface area contributed by atoms with Crippen LogP contribution >= 0.6 is 0 Å². The van der Waals surface area contributed by atoms with E-state index < -0.39 is 55.1 Å². The molecular formula is C24H26F6N4O7. The average Bonchev–Trinajstić information content (AvgIpc) is 2.84. The predicted octanol–water partition coefficient (Wildman–Crippen LogP) is 3.56. The van der Waals surface area contributed by atoms with Crippen LogP contribution in [0.1, 0.15) is 36.4 Å². The van der Waals surface area contributed by atoms with Crippen molar-refractivity contribution < 1.29 is 60.5 Å². The summed E-state index contributed by atoms with van der Waals surface area (Å²) >= 11 is 0. The Labute approximate surface area is 228 Å². The number of pyridine rings is 1. The summed E-state index contributed by atoms with van der Waals surface area (Å²) in [6, 6.07) is 7.27. The van der Waals surface area contributed by atoms with Gasteiger partial charge in [-0.2, -0.15) is 13.2 Å². The van der Waals surface area contributed by atoms with Gasteiger partial charge in [0, 0.05) is 19.2 Å². The van der Waals surface area contributed by atoms with Crippen molar-refractivity contribution in [3.8, 4) is 5.75 Å². The van der Waals surface area contributed by atoms with Crippen LogP contribution in [0.3, 0.4) is 0 Å². The first-order valence-electron chi connectivity index (χ1n) is 11.6. The molecule has 17 heteroatoms. The van der Waals surface area contributed by atoms with Gasteiger partial charge in [0.05, 0.1) is 19.0 Å². The number of halogens is 6. The Morgan fingerprint density at radius 1 is 1.00 bits per heavy atom. The Balaban J connectivity index is 0.00000106. The summed E-state index contributed by atoms with van der Waals surface area (Å²) in [5, 5.41) is 24.2. The van der Waals surface area contributed by atoms with Crippen molar-refractivity contribution in [3.05, 3.63) is 53.7 Å². The minimum absolute atomic E-state index is 0.111. The van der Waals surface area contributed by atoms with E-state index in [-0.39, 0.29) is 17.9 Å². The normalized spacial score (nSPS) is 11.8. The first-order valence-corrected chi connectivity index (χ1v) is 11.6. The topological polar surface area (TPSA) is 167 Å². The molecule has 0 radical (unpaired) electrons. The van der Waals surface area contributed by atoms with Crippen LogP contribution in [0.5, 0.6) is 5.75 Å². The van der Waals surface area contributed by atoms with E-state index >= 15 is 0 Å². The molecule has 0 spiro atoms. The van der Waals surface area contributed by atoms with Crippen molar-refractivity contribution in [2.24, 2.45) is 0 Å². The fourth-order valence-corrected chi connectivity index (χ4v) is 2.97. The van der Waals surface area contributed by atoms with E-state index in [4.69, 9.17) is 15.0 Å². The van der Waals surface area contributed by atoms with Gasteiger partial charge in [-0.05, 0) is 48.7 Å². The lowest BCUT2D eigenvalue weighted by molar-refractivity contribution is -0.274. The van der Waals surface area contributed by atoms with Crippen molar-refractivity contribution in [3.63, 3.8) is 0 Å². The third-order valence-corrected chi connectivity index (χ3v) is 4.70. The molecule has 0 fully saturated rings. The summed E-state index contributed by atoms with van der Waals surface area (Å²) in [7, 11) is 0. The van der Waals surface area contributed by atoms with Gasteiger partial charge < -0.3 is 30.9 Å². The van der Waals surface area contributed by atoms with E-state index in [9.17, 15) is 40.7 Å². The molecule has 1 heterocycles. The highest BCUT2D eigenvalue weighted by molar-refractivity contribution is 5.85. The second kappa shape index (κ2) is 15.9. The minimum atomic E-state index is -5.08. The van der Waals surface area contributed by atoms with Gasteiger partial charge in [0.1, 0.15) is 11.6 Å². The zero-order valence-corrected chi connectivity index (χ0v) is 21.3. The number of benzene rings is 1. The van der Waals surface area contributed by atoms with Gasteiger partial charge in [-0.1, -0.05) is 12.1 Å². The van der Waals surface area contributed by atoms with Gasteiger partial charge in [-0.3, -0.25) is 14.4 Å². The van der Waals surface area contributed by atoms with Gasteiger partial charge in [0.2, 0.25) is 11.8 Å². The number of carboxylic acids is 2. The Kier molecular flexibility index (Phi) is 13.3. The molecule has 226 valence electrons. The molecule has 41 heavy (non-hydrogen) atoms. The summed E-state index contributed by atoms with van der Waals surface area (Å²) in [5.74, 6) is -4.96. The molecule has 0 saturated heterocycles. The SMILES string of the molecule is Cc1ccnc(NCCCC(=O)NCC(=O)NC(CC(=O)O)c2cccc(OC(F)(F)F)c2)c1.O=C(O)C(F)(F)F. The lowest BCUT2D eigenvalue weighted by atomic mass is 10.0. The van der Waals surface area contributed by atoms with E-state index in [0.717, 1.165) is 17.7 Å².